The van der Waals surface area contributed by atoms with Crippen molar-refractivity contribution in [1.82, 2.24) is 0 Å². The van der Waals surface area contributed by atoms with Crippen molar-refractivity contribution in [2.45, 2.75) is 58.8 Å². The van der Waals surface area contributed by atoms with Crippen molar-refractivity contribution in [3.63, 3.8) is 0 Å². The summed E-state index contributed by atoms with van der Waals surface area (Å²) in [6.45, 7) is 0. The van der Waals surface area contributed by atoms with Crippen LogP contribution in [0.5, 0.6) is 0 Å². The molecule has 0 aliphatic heterocycles. The highest BCUT2D eigenvalue weighted by Crippen LogP contribution is 2.16. The van der Waals surface area contributed by atoms with Gasteiger partial charge in [0.2, 0.25) is 0 Å². The van der Waals surface area contributed by atoms with Gasteiger partial charge in [0.05, 0.1) is 0 Å². The van der Waals surface area contributed by atoms with Gasteiger partial charge in [-0.1, -0.05) is 89.4 Å². The Morgan fingerprint density at radius 1 is 0.611 bits per heavy atom. The van der Waals surface area contributed by atoms with Crippen molar-refractivity contribution in [3.05, 3.63) is 0 Å². The van der Waals surface area contributed by atoms with Gasteiger partial charge in [0.25, 0.3) is 0 Å². The minimum atomic E-state index is -0.197. The van der Waals surface area contributed by atoms with Crippen LogP contribution in [0, 0.1) is 0 Å². The summed E-state index contributed by atoms with van der Waals surface area (Å²) < 4.78 is -0.394. The van der Waals surface area contributed by atoms with Gasteiger partial charge in [0, 0.05) is 12.8 Å². The number of ketones is 2. The number of Topliss-reactive ketones (excluding diaryl/α,β-unsaturated/α-hetero) is 2. The summed E-state index contributed by atoms with van der Waals surface area (Å²) in [6.07, 6.45) is 7.64. The Hall–Kier alpha value is 1.26. The van der Waals surface area contributed by atoms with Crippen LogP contribution in [0.15, 0.2) is 0 Å². The lowest BCUT2D eigenvalue weighted by atomic mass is 10.1. The van der Waals surface area contributed by atoms with Crippen molar-refractivity contribution in [1.29, 1.82) is 0 Å². The van der Waals surface area contributed by atoms with Gasteiger partial charge < -0.3 is 0 Å². The summed E-state index contributed by atoms with van der Waals surface area (Å²) in [5.41, 5.74) is 0. The third-order valence-electron chi connectivity index (χ3n) is 2.58. The molecule has 0 radical (unpaired) electrons. The van der Waals surface area contributed by atoms with Crippen LogP contribution in [0.1, 0.15) is 51.4 Å². The Bertz CT molecular complexity index is 228. The molecule has 0 aliphatic rings. The zero-order chi connectivity index (χ0) is 14.0. The number of carbonyl (C=O) groups is 2. The Morgan fingerprint density at radius 3 is 1.17 bits per heavy atom. The van der Waals surface area contributed by atoms with E-state index >= 15 is 0 Å². The molecule has 0 rings (SSSR count). The number of halogens is 4. The predicted octanol–water partition coefficient (Wildman–Crippen LogP) is 5.48. The van der Waals surface area contributed by atoms with E-state index in [1.54, 1.807) is 0 Å². The quantitative estimate of drug-likeness (QED) is 0.271. The lowest BCUT2D eigenvalue weighted by Crippen LogP contribution is -2.06. The molecular formula is C12H18Br4O2. The van der Waals surface area contributed by atoms with Crippen LogP contribution < -0.4 is 0 Å². The maximum Gasteiger partial charge on any atom is 0.157 e. The lowest BCUT2D eigenvalue weighted by molar-refractivity contribution is -0.118. The Balaban J connectivity index is 3.27. The van der Waals surface area contributed by atoms with Gasteiger partial charge in [-0.2, -0.15) is 0 Å². The van der Waals surface area contributed by atoms with Crippen molar-refractivity contribution in [3.8, 4) is 0 Å². The minimum Gasteiger partial charge on any atom is -0.297 e. The molecule has 0 N–H and O–H groups in total. The topological polar surface area (TPSA) is 34.1 Å². The molecule has 0 atom stereocenters. The molecule has 2 nitrogen and oxygen atoms in total. The number of alkyl halides is 4. The Labute approximate surface area is 143 Å². The first kappa shape index (κ1) is 19.3. The molecule has 0 saturated carbocycles. The zero-order valence-electron chi connectivity index (χ0n) is 10.1. The third kappa shape index (κ3) is 11.1. The first-order valence-corrected chi connectivity index (χ1v) is 9.73. The summed E-state index contributed by atoms with van der Waals surface area (Å²) in [5.74, 6) is 0.419. The van der Waals surface area contributed by atoms with E-state index in [-0.39, 0.29) is 19.0 Å². The van der Waals surface area contributed by atoms with Gasteiger partial charge in [-0.05, 0) is 12.8 Å². The van der Waals surface area contributed by atoms with Gasteiger partial charge in [0.15, 0.2) is 11.6 Å². The van der Waals surface area contributed by atoms with Crippen LogP contribution in [0.3, 0.4) is 0 Å². The molecule has 0 spiro atoms. The van der Waals surface area contributed by atoms with Crippen molar-refractivity contribution in [2.75, 3.05) is 0 Å². The molecule has 0 aliphatic carbocycles. The molecule has 0 aromatic heterocycles. The fourth-order valence-electron chi connectivity index (χ4n) is 1.52. The smallest absolute Gasteiger partial charge is 0.157 e. The van der Waals surface area contributed by atoms with Crippen LogP contribution in [0.2, 0.25) is 0 Å². The van der Waals surface area contributed by atoms with Gasteiger partial charge in [-0.15, -0.1) is 0 Å². The van der Waals surface area contributed by atoms with Gasteiger partial charge in [-0.25, -0.2) is 0 Å². The van der Waals surface area contributed by atoms with E-state index in [4.69, 9.17) is 0 Å². The summed E-state index contributed by atoms with van der Waals surface area (Å²) in [7, 11) is 0. The molecule has 0 heterocycles. The van der Waals surface area contributed by atoms with Gasteiger partial charge in [-0.3, -0.25) is 9.59 Å². The highest BCUT2D eigenvalue weighted by molar-refractivity contribution is 9.25. The molecule has 0 bridgehead atoms. The Kier molecular flexibility index (Phi) is 12.9. The summed E-state index contributed by atoms with van der Waals surface area (Å²) in [6, 6.07) is 0. The molecular weight excluding hydrogens is 496 g/mol. The largest absolute Gasteiger partial charge is 0.297 e. The summed E-state index contributed by atoms with van der Waals surface area (Å²) in [4.78, 5) is 22.6. The van der Waals surface area contributed by atoms with Crippen LogP contribution in [-0.4, -0.2) is 19.0 Å². The van der Waals surface area contributed by atoms with E-state index in [0.29, 0.717) is 12.8 Å². The second-order valence-electron chi connectivity index (χ2n) is 4.16. The molecule has 0 amide bonds. The van der Waals surface area contributed by atoms with Gasteiger partial charge in [0.1, 0.15) is 7.47 Å². The van der Waals surface area contributed by atoms with E-state index < -0.39 is 0 Å². The maximum absolute atomic E-state index is 11.3. The first-order valence-electron chi connectivity index (χ1n) is 6.07. The number of unbranched alkanes of at least 4 members (excludes halogenated alkanes) is 5. The van der Waals surface area contributed by atoms with Crippen LogP contribution in [0.25, 0.3) is 0 Å². The van der Waals surface area contributed by atoms with Crippen LogP contribution in [-0.2, 0) is 9.59 Å². The van der Waals surface area contributed by atoms with Crippen LogP contribution >= 0.6 is 63.7 Å². The summed E-state index contributed by atoms with van der Waals surface area (Å²) >= 11 is 12.8. The lowest BCUT2D eigenvalue weighted by Gasteiger charge is -2.03. The number of carbonyl (C=O) groups excluding carboxylic acids is 2. The monoisotopic (exact) mass is 510 g/mol. The number of hydrogen-bond acceptors (Lipinski definition) is 2. The molecule has 0 saturated heterocycles. The van der Waals surface area contributed by atoms with Crippen LogP contribution in [0.4, 0.5) is 0 Å². The standard InChI is InChI=1S/C12H18Br4O2/c13-11(14)9(17)7-5-3-1-2-4-6-8-10(18)12(15)16/h11-12H,1-8H2. The van der Waals surface area contributed by atoms with E-state index in [2.05, 4.69) is 63.7 Å². The Morgan fingerprint density at radius 2 is 0.889 bits per heavy atom. The van der Waals surface area contributed by atoms with E-state index in [1.807, 2.05) is 0 Å². The molecule has 0 fully saturated rings. The minimum absolute atomic E-state index is 0.197. The summed E-state index contributed by atoms with van der Waals surface area (Å²) in [5, 5.41) is 0. The fraction of sp³-hybridized carbons (Fsp3) is 0.833. The SMILES string of the molecule is O=C(CCCCCCCCC(=O)C(Br)Br)C(Br)Br. The molecule has 106 valence electrons. The highest BCUT2D eigenvalue weighted by atomic mass is 79.9. The number of hydrogen-bond donors (Lipinski definition) is 0. The molecule has 18 heavy (non-hydrogen) atoms. The fourth-order valence-corrected chi connectivity index (χ4v) is 2.44. The van der Waals surface area contributed by atoms with Crippen molar-refractivity contribution >= 4 is 75.3 Å². The van der Waals surface area contributed by atoms with E-state index in [1.165, 1.54) is 0 Å². The molecule has 0 unspecified atom stereocenters. The van der Waals surface area contributed by atoms with Crippen molar-refractivity contribution < 1.29 is 9.59 Å². The predicted molar refractivity (Wildman–Crippen MR) is 90.2 cm³/mol. The van der Waals surface area contributed by atoms with Gasteiger partial charge >= 0.3 is 0 Å². The van der Waals surface area contributed by atoms with E-state index in [9.17, 15) is 9.59 Å². The average Bonchev–Trinajstić information content (AvgIpc) is 2.31. The molecule has 6 heteroatoms. The van der Waals surface area contributed by atoms with Crippen molar-refractivity contribution in [2.24, 2.45) is 0 Å². The third-order valence-corrected chi connectivity index (χ3v) is 4.63. The highest BCUT2D eigenvalue weighted by Gasteiger charge is 2.10. The zero-order valence-corrected chi connectivity index (χ0v) is 16.5. The second kappa shape index (κ2) is 12.0. The maximum atomic E-state index is 11.3. The number of rotatable bonds is 11. The molecule has 0 aromatic rings. The van der Waals surface area contributed by atoms with E-state index in [0.717, 1.165) is 38.5 Å². The second-order valence-corrected chi connectivity index (χ2v) is 10.3. The average molecular weight is 514 g/mol. The first-order chi connectivity index (χ1) is 8.45. The molecule has 0 aromatic carbocycles. The normalized spacial score (nSPS) is 11.2.